The second-order valence-corrected chi connectivity index (χ2v) is 5.03. The van der Waals surface area contributed by atoms with Crippen molar-refractivity contribution in [2.24, 2.45) is 5.73 Å². The molecule has 0 amide bonds. The zero-order valence-electron chi connectivity index (χ0n) is 11.7. The van der Waals surface area contributed by atoms with E-state index in [-0.39, 0.29) is 6.54 Å². The highest BCUT2D eigenvalue weighted by atomic mass is 19.4. The normalized spacial score (nSPS) is 15.1. The Morgan fingerprint density at radius 3 is 2.50 bits per heavy atom. The van der Waals surface area contributed by atoms with Crippen LogP contribution in [0.2, 0.25) is 0 Å². The third kappa shape index (κ3) is 4.80. The molecule has 0 saturated carbocycles. The van der Waals surface area contributed by atoms with Crippen LogP contribution < -0.4 is 5.73 Å². The quantitative estimate of drug-likeness (QED) is 0.752. The van der Waals surface area contributed by atoms with Crippen LogP contribution in [0.3, 0.4) is 0 Å². The molecule has 1 rings (SSSR count). The van der Waals surface area contributed by atoms with Crippen molar-refractivity contribution in [2.45, 2.75) is 50.8 Å². The largest absolute Gasteiger partial charge is 0.416 e. The summed E-state index contributed by atoms with van der Waals surface area (Å²) in [6, 6.07) is 5.07. The summed E-state index contributed by atoms with van der Waals surface area (Å²) in [7, 11) is 0. The molecule has 3 N–H and O–H groups in total. The molecule has 0 spiro atoms. The van der Waals surface area contributed by atoms with E-state index >= 15 is 0 Å². The van der Waals surface area contributed by atoms with E-state index in [4.69, 9.17) is 5.73 Å². The van der Waals surface area contributed by atoms with E-state index in [1.807, 2.05) is 0 Å². The first kappa shape index (κ1) is 17.0. The summed E-state index contributed by atoms with van der Waals surface area (Å²) < 4.78 is 38.1. The van der Waals surface area contributed by atoms with Gasteiger partial charge in [0.15, 0.2) is 0 Å². The molecular weight excluding hydrogens is 267 g/mol. The van der Waals surface area contributed by atoms with Crippen molar-refractivity contribution < 1.29 is 18.3 Å². The summed E-state index contributed by atoms with van der Waals surface area (Å²) in [5.41, 5.74) is 5.38. The Kier molecular flexibility index (Phi) is 6.49. The maximum Gasteiger partial charge on any atom is 0.416 e. The van der Waals surface area contributed by atoms with E-state index in [0.717, 1.165) is 31.4 Å². The van der Waals surface area contributed by atoms with Gasteiger partial charge in [-0.3, -0.25) is 0 Å². The van der Waals surface area contributed by atoms with Gasteiger partial charge in [-0.25, -0.2) is 0 Å². The molecule has 0 aliphatic heterocycles. The summed E-state index contributed by atoms with van der Waals surface area (Å²) in [6.45, 7) is 2.19. The van der Waals surface area contributed by atoms with Crippen LogP contribution in [-0.4, -0.2) is 17.8 Å². The lowest BCUT2D eigenvalue weighted by Gasteiger charge is -2.22. The molecule has 2 nitrogen and oxygen atoms in total. The van der Waals surface area contributed by atoms with Crippen LogP contribution in [0.25, 0.3) is 0 Å². The average molecular weight is 289 g/mol. The van der Waals surface area contributed by atoms with Gasteiger partial charge < -0.3 is 10.8 Å². The van der Waals surface area contributed by atoms with Gasteiger partial charge in [0.05, 0.1) is 11.7 Å². The van der Waals surface area contributed by atoms with Crippen LogP contribution in [0, 0.1) is 0 Å². The fraction of sp³-hybridized carbons (Fsp3) is 0.600. The van der Waals surface area contributed by atoms with Crippen molar-refractivity contribution >= 4 is 0 Å². The molecule has 1 aromatic carbocycles. The van der Waals surface area contributed by atoms with E-state index in [1.165, 1.54) is 6.07 Å². The molecule has 2 unspecified atom stereocenters. The molecule has 0 aliphatic carbocycles. The van der Waals surface area contributed by atoms with E-state index in [0.29, 0.717) is 12.0 Å². The van der Waals surface area contributed by atoms with Gasteiger partial charge in [-0.1, -0.05) is 44.4 Å². The second kappa shape index (κ2) is 7.64. The number of rotatable bonds is 7. The SMILES string of the molecule is CCCCCC(O)C(CN)c1cccc(C(F)(F)F)c1. The predicted octanol–water partition coefficient (Wildman–Crippen LogP) is 3.69. The number of unbranched alkanes of at least 4 members (excludes halogenated alkanes) is 2. The highest BCUT2D eigenvalue weighted by Crippen LogP contribution is 2.32. The van der Waals surface area contributed by atoms with Crippen LogP contribution >= 0.6 is 0 Å². The van der Waals surface area contributed by atoms with Crippen molar-refractivity contribution in [1.29, 1.82) is 0 Å². The molecule has 0 fully saturated rings. The standard InChI is InChI=1S/C15H22F3NO/c1-2-3-4-8-14(20)13(10-19)11-6-5-7-12(9-11)15(16,17)18/h5-7,9,13-14,20H,2-4,8,10,19H2,1H3. The van der Waals surface area contributed by atoms with Crippen LogP contribution in [0.5, 0.6) is 0 Å². The smallest absolute Gasteiger partial charge is 0.392 e. The molecule has 114 valence electrons. The Morgan fingerprint density at radius 1 is 1.25 bits per heavy atom. The number of aliphatic hydroxyl groups excluding tert-OH is 1. The van der Waals surface area contributed by atoms with Crippen molar-refractivity contribution in [3.63, 3.8) is 0 Å². The van der Waals surface area contributed by atoms with Crippen molar-refractivity contribution in [3.8, 4) is 0 Å². The minimum absolute atomic E-state index is 0.134. The van der Waals surface area contributed by atoms with Crippen LogP contribution in [0.15, 0.2) is 24.3 Å². The van der Waals surface area contributed by atoms with Crippen LogP contribution in [0.4, 0.5) is 13.2 Å². The van der Waals surface area contributed by atoms with Gasteiger partial charge >= 0.3 is 6.18 Å². The molecule has 0 radical (unpaired) electrons. The lowest BCUT2D eigenvalue weighted by Crippen LogP contribution is -2.26. The monoisotopic (exact) mass is 289 g/mol. The first-order chi connectivity index (χ1) is 9.40. The van der Waals surface area contributed by atoms with Gasteiger partial charge in [0, 0.05) is 12.5 Å². The Labute approximate surface area is 117 Å². The van der Waals surface area contributed by atoms with E-state index in [1.54, 1.807) is 6.07 Å². The lowest BCUT2D eigenvalue weighted by molar-refractivity contribution is -0.137. The van der Waals surface area contributed by atoms with Crippen molar-refractivity contribution in [1.82, 2.24) is 0 Å². The maximum absolute atomic E-state index is 12.7. The van der Waals surface area contributed by atoms with Gasteiger partial charge in [0.1, 0.15) is 0 Å². The van der Waals surface area contributed by atoms with Gasteiger partial charge in [-0.2, -0.15) is 13.2 Å². The number of alkyl halides is 3. The van der Waals surface area contributed by atoms with Crippen molar-refractivity contribution in [3.05, 3.63) is 35.4 Å². The number of nitrogens with two attached hydrogens (primary N) is 1. The summed E-state index contributed by atoms with van der Waals surface area (Å²) in [5, 5.41) is 10.1. The van der Waals surface area contributed by atoms with Gasteiger partial charge in [-0.15, -0.1) is 0 Å². The van der Waals surface area contributed by atoms with Gasteiger partial charge in [0.25, 0.3) is 0 Å². The molecule has 20 heavy (non-hydrogen) atoms. The Morgan fingerprint density at radius 2 is 1.95 bits per heavy atom. The molecule has 0 heterocycles. The molecule has 5 heteroatoms. The summed E-state index contributed by atoms with van der Waals surface area (Å²) >= 11 is 0. The minimum Gasteiger partial charge on any atom is -0.392 e. The molecule has 2 atom stereocenters. The Hall–Kier alpha value is -1.07. The average Bonchev–Trinajstić information content (AvgIpc) is 2.39. The summed E-state index contributed by atoms with van der Waals surface area (Å²) in [5.74, 6) is -0.450. The molecule has 0 bridgehead atoms. The number of hydrogen-bond acceptors (Lipinski definition) is 2. The predicted molar refractivity (Wildman–Crippen MR) is 73.4 cm³/mol. The molecule has 0 saturated heterocycles. The first-order valence-corrected chi connectivity index (χ1v) is 6.95. The number of benzene rings is 1. The second-order valence-electron chi connectivity index (χ2n) is 5.03. The third-order valence-electron chi connectivity index (χ3n) is 3.46. The highest BCUT2D eigenvalue weighted by Gasteiger charge is 2.31. The topological polar surface area (TPSA) is 46.2 Å². The molecule has 0 aromatic heterocycles. The fourth-order valence-electron chi connectivity index (χ4n) is 2.27. The minimum atomic E-state index is -4.37. The number of halogens is 3. The Bertz CT molecular complexity index is 406. The summed E-state index contributed by atoms with van der Waals surface area (Å²) in [6.07, 6.45) is -1.63. The van der Waals surface area contributed by atoms with Crippen LogP contribution in [-0.2, 0) is 6.18 Å². The van der Waals surface area contributed by atoms with Gasteiger partial charge in [0.2, 0.25) is 0 Å². The first-order valence-electron chi connectivity index (χ1n) is 6.95. The Balaban J connectivity index is 2.84. The van der Waals surface area contributed by atoms with Gasteiger partial charge in [-0.05, 0) is 18.1 Å². The van der Waals surface area contributed by atoms with E-state index in [9.17, 15) is 18.3 Å². The van der Waals surface area contributed by atoms with Crippen molar-refractivity contribution in [2.75, 3.05) is 6.54 Å². The van der Waals surface area contributed by atoms with E-state index in [2.05, 4.69) is 6.92 Å². The summed E-state index contributed by atoms with van der Waals surface area (Å²) in [4.78, 5) is 0. The zero-order valence-corrected chi connectivity index (χ0v) is 11.7. The molecular formula is C15H22F3NO. The third-order valence-corrected chi connectivity index (χ3v) is 3.46. The zero-order chi connectivity index (χ0) is 15.2. The number of aliphatic hydroxyl groups is 1. The maximum atomic E-state index is 12.7. The molecule has 0 aliphatic rings. The lowest BCUT2D eigenvalue weighted by atomic mass is 9.89. The number of hydrogen-bond donors (Lipinski definition) is 2. The fourth-order valence-corrected chi connectivity index (χ4v) is 2.27. The highest BCUT2D eigenvalue weighted by molar-refractivity contribution is 5.29. The van der Waals surface area contributed by atoms with E-state index < -0.39 is 23.8 Å². The van der Waals surface area contributed by atoms with Crippen LogP contribution in [0.1, 0.15) is 49.7 Å². The molecule has 1 aromatic rings.